The smallest absolute Gasteiger partial charge is 0.274 e. The number of nitrogen functional groups attached to an aromatic ring is 1. The molecular formula is C10H19N5O. The van der Waals surface area contributed by atoms with Gasteiger partial charge in [0.05, 0.1) is 5.69 Å². The third-order valence-electron chi connectivity index (χ3n) is 2.09. The first kappa shape index (κ1) is 12.5. The lowest BCUT2D eigenvalue weighted by Gasteiger charge is -2.17. The van der Waals surface area contributed by atoms with Gasteiger partial charge in [-0.05, 0) is 21.0 Å². The summed E-state index contributed by atoms with van der Waals surface area (Å²) in [4.78, 5) is 13.8. The van der Waals surface area contributed by atoms with E-state index in [1.807, 2.05) is 25.9 Å². The van der Waals surface area contributed by atoms with E-state index in [4.69, 9.17) is 5.73 Å². The SMILES string of the molecule is CC(CN(C)C)NC(=O)c1nn(C)cc1N. The first-order valence-electron chi connectivity index (χ1n) is 5.15. The Morgan fingerprint density at radius 3 is 2.75 bits per heavy atom. The number of carbonyl (C=O) groups excluding carboxylic acids is 1. The third-order valence-corrected chi connectivity index (χ3v) is 2.09. The largest absolute Gasteiger partial charge is 0.396 e. The number of likely N-dealkylation sites (N-methyl/N-ethyl adjacent to an activating group) is 1. The maximum absolute atomic E-state index is 11.8. The van der Waals surface area contributed by atoms with Crippen LogP contribution in [-0.4, -0.2) is 47.3 Å². The van der Waals surface area contributed by atoms with Crippen molar-refractivity contribution in [1.82, 2.24) is 20.0 Å². The first-order valence-corrected chi connectivity index (χ1v) is 5.15. The fourth-order valence-corrected chi connectivity index (χ4v) is 1.57. The topological polar surface area (TPSA) is 76.2 Å². The number of rotatable bonds is 4. The summed E-state index contributed by atoms with van der Waals surface area (Å²) in [7, 11) is 5.64. The minimum atomic E-state index is -0.229. The molecule has 0 aromatic carbocycles. The number of anilines is 1. The van der Waals surface area contributed by atoms with Crippen LogP contribution in [0, 0.1) is 0 Å². The number of nitrogens with zero attached hydrogens (tertiary/aromatic N) is 3. The number of carbonyl (C=O) groups is 1. The molecule has 16 heavy (non-hydrogen) atoms. The van der Waals surface area contributed by atoms with Crippen molar-refractivity contribution < 1.29 is 4.79 Å². The van der Waals surface area contributed by atoms with E-state index >= 15 is 0 Å². The lowest BCUT2D eigenvalue weighted by Crippen LogP contribution is -2.39. The monoisotopic (exact) mass is 225 g/mol. The molecule has 0 saturated carbocycles. The molecule has 90 valence electrons. The Bertz CT molecular complexity index is 371. The fourth-order valence-electron chi connectivity index (χ4n) is 1.57. The summed E-state index contributed by atoms with van der Waals surface area (Å²) in [5.41, 5.74) is 6.35. The second-order valence-electron chi connectivity index (χ2n) is 4.24. The summed E-state index contributed by atoms with van der Waals surface area (Å²) in [6.07, 6.45) is 1.62. The molecule has 1 unspecified atom stereocenters. The standard InChI is InChI=1S/C10H19N5O/c1-7(5-14(2)3)12-10(16)9-8(11)6-15(4)13-9/h6-7H,5,11H2,1-4H3,(H,12,16). The van der Waals surface area contributed by atoms with Gasteiger partial charge in [-0.3, -0.25) is 9.48 Å². The lowest BCUT2D eigenvalue weighted by atomic mass is 10.3. The third kappa shape index (κ3) is 3.23. The highest BCUT2D eigenvalue weighted by Crippen LogP contribution is 2.07. The molecule has 1 aromatic rings. The molecule has 0 fully saturated rings. The fraction of sp³-hybridized carbons (Fsp3) is 0.600. The van der Waals surface area contributed by atoms with Gasteiger partial charge in [0, 0.05) is 25.8 Å². The van der Waals surface area contributed by atoms with E-state index in [0.29, 0.717) is 5.69 Å². The molecule has 1 heterocycles. The second-order valence-corrected chi connectivity index (χ2v) is 4.24. The van der Waals surface area contributed by atoms with Gasteiger partial charge >= 0.3 is 0 Å². The number of aryl methyl sites for hydroxylation is 1. The van der Waals surface area contributed by atoms with Crippen molar-refractivity contribution in [1.29, 1.82) is 0 Å². The van der Waals surface area contributed by atoms with Gasteiger partial charge < -0.3 is 16.0 Å². The number of amides is 1. The van der Waals surface area contributed by atoms with Crippen LogP contribution >= 0.6 is 0 Å². The van der Waals surface area contributed by atoms with Crippen molar-refractivity contribution in [3.05, 3.63) is 11.9 Å². The molecule has 0 saturated heterocycles. The molecule has 1 aromatic heterocycles. The molecule has 0 aliphatic rings. The van der Waals surface area contributed by atoms with Gasteiger partial charge in [0.15, 0.2) is 5.69 Å². The zero-order chi connectivity index (χ0) is 12.3. The van der Waals surface area contributed by atoms with Crippen LogP contribution in [-0.2, 0) is 7.05 Å². The highest BCUT2D eigenvalue weighted by Gasteiger charge is 2.16. The Hall–Kier alpha value is -1.56. The first-order chi connectivity index (χ1) is 7.40. The van der Waals surface area contributed by atoms with Crippen LogP contribution in [0.1, 0.15) is 17.4 Å². The molecule has 0 spiro atoms. The van der Waals surface area contributed by atoms with Crippen LogP contribution in [0.2, 0.25) is 0 Å². The molecule has 3 N–H and O–H groups in total. The molecular weight excluding hydrogens is 206 g/mol. The van der Waals surface area contributed by atoms with Crippen molar-refractivity contribution in [2.75, 3.05) is 26.4 Å². The van der Waals surface area contributed by atoms with Crippen molar-refractivity contribution in [2.45, 2.75) is 13.0 Å². The quantitative estimate of drug-likeness (QED) is 0.736. The Labute approximate surface area is 95.4 Å². The van der Waals surface area contributed by atoms with Crippen LogP contribution in [0.15, 0.2) is 6.20 Å². The molecule has 1 atom stereocenters. The highest BCUT2D eigenvalue weighted by molar-refractivity contribution is 5.97. The summed E-state index contributed by atoms with van der Waals surface area (Å²) in [5, 5.41) is 6.85. The van der Waals surface area contributed by atoms with Gasteiger partial charge in [-0.1, -0.05) is 0 Å². The molecule has 6 nitrogen and oxygen atoms in total. The van der Waals surface area contributed by atoms with Crippen molar-refractivity contribution in [3.63, 3.8) is 0 Å². The number of nitrogens with one attached hydrogen (secondary N) is 1. The second kappa shape index (κ2) is 4.98. The van der Waals surface area contributed by atoms with Crippen molar-refractivity contribution in [2.24, 2.45) is 7.05 Å². The van der Waals surface area contributed by atoms with Gasteiger partial charge in [-0.25, -0.2) is 0 Å². The van der Waals surface area contributed by atoms with Crippen LogP contribution in [0.3, 0.4) is 0 Å². The molecule has 0 aliphatic heterocycles. The van der Waals surface area contributed by atoms with Gasteiger partial charge in [0.2, 0.25) is 0 Å². The predicted molar refractivity (Wildman–Crippen MR) is 63.1 cm³/mol. The van der Waals surface area contributed by atoms with Gasteiger partial charge in [-0.2, -0.15) is 5.10 Å². The number of hydrogen-bond acceptors (Lipinski definition) is 4. The van der Waals surface area contributed by atoms with E-state index < -0.39 is 0 Å². The normalized spacial score (nSPS) is 12.8. The van der Waals surface area contributed by atoms with Crippen molar-refractivity contribution in [3.8, 4) is 0 Å². The summed E-state index contributed by atoms with van der Waals surface area (Å²) in [6.45, 7) is 2.72. The average Bonchev–Trinajstić information content (AvgIpc) is 2.43. The van der Waals surface area contributed by atoms with Gasteiger partial charge in [-0.15, -0.1) is 0 Å². The lowest BCUT2D eigenvalue weighted by molar-refractivity contribution is 0.0929. The maximum Gasteiger partial charge on any atom is 0.274 e. The van der Waals surface area contributed by atoms with E-state index in [0.717, 1.165) is 6.54 Å². The molecule has 6 heteroatoms. The molecule has 0 aliphatic carbocycles. The van der Waals surface area contributed by atoms with Gasteiger partial charge in [0.25, 0.3) is 5.91 Å². The highest BCUT2D eigenvalue weighted by atomic mass is 16.2. The maximum atomic E-state index is 11.8. The van der Waals surface area contributed by atoms with E-state index in [9.17, 15) is 4.79 Å². The summed E-state index contributed by atoms with van der Waals surface area (Å²) in [6, 6.07) is 0.0592. The van der Waals surface area contributed by atoms with Crippen LogP contribution in [0.25, 0.3) is 0 Å². The van der Waals surface area contributed by atoms with Gasteiger partial charge in [0.1, 0.15) is 0 Å². The van der Waals surface area contributed by atoms with Crippen LogP contribution < -0.4 is 11.1 Å². The predicted octanol–water partition coefficient (Wildman–Crippen LogP) is -0.318. The summed E-state index contributed by atoms with van der Waals surface area (Å²) in [5.74, 6) is -0.229. The zero-order valence-corrected chi connectivity index (χ0v) is 10.2. The van der Waals surface area contributed by atoms with E-state index in [1.165, 1.54) is 4.68 Å². The van der Waals surface area contributed by atoms with E-state index in [-0.39, 0.29) is 17.6 Å². The number of nitrogens with two attached hydrogens (primary N) is 1. The Balaban J connectivity index is 2.62. The van der Waals surface area contributed by atoms with Crippen LogP contribution in [0.4, 0.5) is 5.69 Å². The molecule has 1 amide bonds. The zero-order valence-electron chi connectivity index (χ0n) is 10.2. The summed E-state index contributed by atoms with van der Waals surface area (Å²) < 4.78 is 1.53. The number of hydrogen-bond donors (Lipinski definition) is 2. The number of aromatic nitrogens is 2. The van der Waals surface area contributed by atoms with E-state index in [2.05, 4.69) is 10.4 Å². The Kier molecular flexibility index (Phi) is 3.89. The Morgan fingerprint density at radius 2 is 2.31 bits per heavy atom. The van der Waals surface area contributed by atoms with Crippen LogP contribution in [0.5, 0.6) is 0 Å². The molecule has 0 bridgehead atoms. The minimum absolute atomic E-state index is 0.0592. The summed E-state index contributed by atoms with van der Waals surface area (Å²) >= 11 is 0. The molecule has 0 radical (unpaired) electrons. The average molecular weight is 225 g/mol. The van der Waals surface area contributed by atoms with E-state index in [1.54, 1.807) is 13.2 Å². The van der Waals surface area contributed by atoms with Crippen molar-refractivity contribution >= 4 is 11.6 Å². The Morgan fingerprint density at radius 1 is 1.69 bits per heavy atom. The minimum Gasteiger partial charge on any atom is -0.396 e. The molecule has 1 rings (SSSR count).